The van der Waals surface area contributed by atoms with Crippen LogP contribution in [0, 0.1) is 5.92 Å². The van der Waals surface area contributed by atoms with Crippen LogP contribution in [-0.2, 0) is 4.79 Å². The van der Waals surface area contributed by atoms with Gasteiger partial charge in [-0.15, -0.1) is 0 Å². The predicted octanol–water partition coefficient (Wildman–Crippen LogP) is 1.92. The highest BCUT2D eigenvalue weighted by atomic mass is 16.2. The summed E-state index contributed by atoms with van der Waals surface area (Å²) in [4.78, 5) is 14.8. The van der Waals surface area contributed by atoms with Gasteiger partial charge in [-0.1, -0.05) is 44.2 Å². The van der Waals surface area contributed by atoms with Gasteiger partial charge in [-0.25, -0.2) is 0 Å². The van der Waals surface area contributed by atoms with E-state index in [0.29, 0.717) is 12.5 Å². The Balaban J connectivity index is 2.05. The van der Waals surface area contributed by atoms with Gasteiger partial charge in [0.25, 0.3) is 0 Å². The van der Waals surface area contributed by atoms with Crippen molar-refractivity contribution in [1.82, 2.24) is 10.2 Å². The van der Waals surface area contributed by atoms with Crippen LogP contribution in [-0.4, -0.2) is 36.5 Å². The number of nitrogens with zero attached hydrogens (tertiary/aromatic N) is 1. The lowest BCUT2D eigenvalue weighted by molar-refractivity contribution is -0.126. The van der Waals surface area contributed by atoms with E-state index in [9.17, 15) is 4.79 Å². The quantitative estimate of drug-likeness (QED) is 0.769. The van der Waals surface area contributed by atoms with Gasteiger partial charge in [0.15, 0.2) is 0 Å². The normalized spacial score (nSPS) is 17.5. The van der Waals surface area contributed by atoms with Crippen molar-refractivity contribution in [3.8, 4) is 0 Å². The number of likely N-dealkylation sites (N-methyl/N-ethyl adjacent to an activating group) is 1. The molecule has 1 aromatic carbocycles. The maximum atomic E-state index is 12.6. The van der Waals surface area contributed by atoms with Crippen LogP contribution in [0.1, 0.15) is 38.3 Å². The third-order valence-electron chi connectivity index (χ3n) is 4.28. The number of carbonyl (C=O) groups excluding carboxylic acids is 1. The fourth-order valence-corrected chi connectivity index (χ4v) is 2.76. The van der Waals surface area contributed by atoms with E-state index in [0.717, 1.165) is 18.7 Å². The number of nitrogens with one attached hydrogen (secondary N) is 1. The Kier molecular flexibility index (Phi) is 5.76. The number of carbonyl (C=O) groups is 1. The van der Waals surface area contributed by atoms with Crippen molar-refractivity contribution in [2.75, 3.05) is 19.6 Å². The van der Waals surface area contributed by atoms with E-state index in [4.69, 9.17) is 5.73 Å². The zero-order valence-corrected chi connectivity index (χ0v) is 13.1. The third-order valence-corrected chi connectivity index (χ3v) is 4.28. The molecule has 4 heteroatoms. The lowest BCUT2D eigenvalue weighted by Gasteiger charge is -2.29. The highest BCUT2D eigenvalue weighted by Gasteiger charge is 2.30. The molecule has 1 fully saturated rings. The van der Waals surface area contributed by atoms with E-state index in [1.165, 1.54) is 12.8 Å². The molecular formula is C17H27N3O. The second-order valence-corrected chi connectivity index (χ2v) is 5.78. The van der Waals surface area contributed by atoms with Crippen LogP contribution in [0.2, 0.25) is 0 Å². The summed E-state index contributed by atoms with van der Waals surface area (Å²) in [5, 5.41) is 3.05. The molecule has 2 rings (SSSR count). The van der Waals surface area contributed by atoms with Crippen LogP contribution < -0.4 is 11.1 Å². The first-order valence-corrected chi connectivity index (χ1v) is 7.99. The Hall–Kier alpha value is -1.39. The van der Waals surface area contributed by atoms with E-state index in [2.05, 4.69) is 24.1 Å². The second-order valence-electron chi connectivity index (χ2n) is 5.78. The minimum Gasteiger partial charge on any atom is -0.353 e. The molecule has 0 radical (unpaired) electrons. The topological polar surface area (TPSA) is 58.4 Å². The molecule has 1 aliphatic carbocycles. The van der Waals surface area contributed by atoms with E-state index in [1.54, 1.807) is 0 Å². The summed E-state index contributed by atoms with van der Waals surface area (Å²) in [6, 6.07) is 9.84. The summed E-state index contributed by atoms with van der Waals surface area (Å²) in [5.74, 6) is 0.662. The first-order valence-electron chi connectivity index (χ1n) is 7.99. The molecule has 21 heavy (non-hydrogen) atoms. The fraction of sp³-hybridized carbons (Fsp3) is 0.588. The molecule has 2 unspecified atom stereocenters. The third kappa shape index (κ3) is 4.29. The van der Waals surface area contributed by atoms with Gasteiger partial charge < -0.3 is 11.1 Å². The fourth-order valence-electron chi connectivity index (χ4n) is 2.76. The Bertz CT molecular complexity index is 441. The molecule has 116 valence electrons. The number of nitrogens with two attached hydrogens (primary N) is 1. The summed E-state index contributed by atoms with van der Waals surface area (Å²) in [6.45, 7) is 6.44. The number of hydrogen-bond donors (Lipinski definition) is 2. The van der Waals surface area contributed by atoms with Gasteiger partial charge in [-0.2, -0.15) is 0 Å². The predicted molar refractivity (Wildman–Crippen MR) is 85.8 cm³/mol. The highest BCUT2D eigenvalue weighted by Crippen LogP contribution is 2.31. The summed E-state index contributed by atoms with van der Waals surface area (Å²) >= 11 is 0. The van der Waals surface area contributed by atoms with Crippen molar-refractivity contribution in [2.45, 2.75) is 38.8 Å². The Morgan fingerprint density at radius 1 is 1.29 bits per heavy atom. The van der Waals surface area contributed by atoms with Crippen molar-refractivity contribution < 1.29 is 4.79 Å². The Labute approximate surface area is 127 Å². The number of benzene rings is 1. The highest BCUT2D eigenvalue weighted by molar-refractivity contribution is 5.83. The van der Waals surface area contributed by atoms with Crippen LogP contribution in [0.15, 0.2) is 30.3 Å². The first kappa shape index (κ1) is 16.0. The molecule has 0 bridgehead atoms. The van der Waals surface area contributed by atoms with Crippen LogP contribution in [0.3, 0.4) is 0 Å². The van der Waals surface area contributed by atoms with Crippen molar-refractivity contribution >= 4 is 5.91 Å². The van der Waals surface area contributed by atoms with E-state index in [-0.39, 0.29) is 18.0 Å². The molecule has 3 N–H and O–H groups in total. The molecule has 4 nitrogen and oxygen atoms in total. The molecular weight excluding hydrogens is 262 g/mol. The monoisotopic (exact) mass is 289 g/mol. The molecule has 1 aliphatic rings. The SMILES string of the molecule is CCN(CC)C(C(=O)NCC(N)C1CC1)c1ccccc1. The van der Waals surface area contributed by atoms with Gasteiger partial charge in [-0.3, -0.25) is 9.69 Å². The van der Waals surface area contributed by atoms with Gasteiger partial charge in [0.2, 0.25) is 5.91 Å². The summed E-state index contributed by atoms with van der Waals surface area (Å²) in [5.41, 5.74) is 7.12. The number of rotatable bonds is 8. The average molecular weight is 289 g/mol. The van der Waals surface area contributed by atoms with Crippen molar-refractivity contribution in [2.24, 2.45) is 11.7 Å². The maximum absolute atomic E-state index is 12.6. The van der Waals surface area contributed by atoms with Crippen molar-refractivity contribution in [3.05, 3.63) is 35.9 Å². The van der Waals surface area contributed by atoms with Crippen molar-refractivity contribution in [1.29, 1.82) is 0 Å². The summed E-state index contributed by atoms with van der Waals surface area (Å²) in [6.07, 6.45) is 2.41. The largest absolute Gasteiger partial charge is 0.353 e. The molecule has 1 aromatic rings. The molecule has 0 heterocycles. The molecule has 0 spiro atoms. The van der Waals surface area contributed by atoms with Crippen LogP contribution >= 0.6 is 0 Å². The zero-order chi connectivity index (χ0) is 15.2. The minimum absolute atomic E-state index is 0.0565. The van der Waals surface area contributed by atoms with E-state index >= 15 is 0 Å². The standard InChI is InChI=1S/C17H27N3O/c1-3-20(4-2)16(14-8-6-5-7-9-14)17(21)19-12-15(18)13-10-11-13/h5-9,13,15-16H,3-4,10-12,18H2,1-2H3,(H,19,21). The average Bonchev–Trinajstić information content (AvgIpc) is 3.35. The summed E-state index contributed by atoms with van der Waals surface area (Å²) in [7, 11) is 0. The van der Waals surface area contributed by atoms with Crippen molar-refractivity contribution in [3.63, 3.8) is 0 Å². The number of hydrogen-bond acceptors (Lipinski definition) is 3. The molecule has 1 saturated carbocycles. The maximum Gasteiger partial charge on any atom is 0.242 e. The Morgan fingerprint density at radius 3 is 2.43 bits per heavy atom. The molecule has 2 atom stereocenters. The van der Waals surface area contributed by atoms with Gasteiger partial charge in [0.05, 0.1) is 0 Å². The summed E-state index contributed by atoms with van der Waals surface area (Å²) < 4.78 is 0. The van der Waals surface area contributed by atoms with Gasteiger partial charge in [0, 0.05) is 12.6 Å². The van der Waals surface area contributed by atoms with Crippen LogP contribution in [0.25, 0.3) is 0 Å². The molecule has 0 aromatic heterocycles. The van der Waals surface area contributed by atoms with E-state index < -0.39 is 0 Å². The number of amides is 1. The zero-order valence-electron chi connectivity index (χ0n) is 13.1. The van der Waals surface area contributed by atoms with Gasteiger partial charge >= 0.3 is 0 Å². The molecule has 0 saturated heterocycles. The first-order chi connectivity index (χ1) is 10.2. The second kappa shape index (κ2) is 7.57. The Morgan fingerprint density at radius 2 is 1.90 bits per heavy atom. The lowest BCUT2D eigenvalue weighted by atomic mass is 10.0. The van der Waals surface area contributed by atoms with Gasteiger partial charge in [-0.05, 0) is 37.4 Å². The smallest absolute Gasteiger partial charge is 0.242 e. The van der Waals surface area contributed by atoms with E-state index in [1.807, 2.05) is 30.3 Å². The minimum atomic E-state index is -0.229. The molecule has 0 aliphatic heterocycles. The van der Waals surface area contributed by atoms with Gasteiger partial charge in [0.1, 0.15) is 6.04 Å². The lowest BCUT2D eigenvalue weighted by Crippen LogP contribution is -2.45. The van der Waals surface area contributed by atoms with Crippen LogP contribution in [0.5, 0.6) is 0 Å². The molecule has 1 amide bonds. The van der Waals surface area contributed by atoms with Crippen LogP contribution in [0.4, 0.5) is 0 Å².